The van der Waals surface area contributed by atoms with E-state index >= 15 is 0 Å². The Labute approximate surface area is 111 Å². The van der Waals surface area contributed by atoms with Gasteiger partial charge in [0.2, 0.25) is 0 Å². The van der Waals surface area contributed by atoms with Crippen LogP contribution in [0, 0.1) is 0 Å². The van der Waals surface area contributed by atoms with Crippen LogP contribution in [0.5, 0.6) is 0 Å². The third-order valence-corrected chi connectivity index (χ3v) is 3.92. The number of piperidine rings is 1. The number of aliphatic hydroxyl groups excluding tert-OH is 1. The van der Waals surface area contributed by atoms with Crippen LogP contribution < -0.4 is 0 Å². The number of aliphatic hydroxyl groups is 1. The van der Waals surface area contributed by atoms with Crippen LogP contribution in [0.25, 0.3) is 0 Å². The Morgan fingerprint density at radius 2 is 1.94 bits per heavy atom. The summed E-state index contributed by atoms with van der Waals surface area (Å²) in [4.78, 5) is 2.63. The van der Waals surface area contributed by atoms with Gasteiger partial charge in [-0.15, -0.1) is 0 Å². The highest BCUT2D eigenvalue weighted by Crippen LogP contribution is 2.21. The first kappa shape index (κ1) is 13.6. The van der Waals surface area contributed by atoms with E-state index in [0.29, 0.717) is 12.6 Å². The third-order valence-electron chi connectivity index (χ3n) is 3.92. The van der Waals surface area contributed by atoms with Crippen LogP contribution in [0.15, 0.2) is 30.3 Å². The fourth-order valence-electron chi connectivity index (χ4n) is 2.90. The number of hydrogen-bond acceptors (Lipinski definition) is 2. The van der Waals surface area contributed by atoms with Crippen molar-refractivity contribution in [3.05, 3.63) is 35.9 Å². The molecule has 18 heavy (non-hydrogen) atoms. The van der Waals surface area contributed by atoms with Crippen molar-refractivity contribution in [1.82, 2.24) is 4.90 Å². The van der Waals surface area contributed by atoms with Gasteiger partial charge in [-0.3, -0.25) is 0 Å². The standard InChI is InChI=1S/C16H25NO/c18-13-7-6-12-17-11-5-4-10-16(17)14-15-8-2-1-3-9-15/h1-3,8-9,16,18H,4-7,10-14H2. The second kappa shape index (κ2) is 7.55. The van der Waals surface area contributed by atoms with E-state index in [0.717, 1.165) is 19.4 Å². The second-order valence-corrected chi connectivity index (χ2v) is 5.31. The first-order valence-corrected chi connectivity index (χ1v) is 7.29. The van der Waals surface area contributed by atoms with Crippen LogP contribution in [-0.4, -0.2) is 35.7 Å². The van der Waals surface area contributed by atoms with Crippen molar-refractivity contribution in [2.24, 2.45) is 0 Å². The van der Waals surface area contributed by atoms with Gasteiger partial charge in [-0.1, -0.05) is 36.8 Å². The zero-order chi connectivity index (χ0) is 12.6. The maximum atomic E-state index is 8.88. The minimum atomic E-state index is 0.331. The minimum Gasteiger partial charge on any atom is -0.396 e. The summed E-state index contributed by atoms with van der Waals surface area (Å²) in [6.45, 7) is 2.72. The van der Waals surface area contributed by atoms with Crippen LogP contribution in [-0.2, 0) is 6.42 Å². The van der Waals surface area contributed by atoms with Crippen molar-refractivity contribution >= 4 is 0 Å². The molecule has 1 unspecified atom stereocenters. The maximum absolute atomic E-state index is 8.88. The summed E-state index contributed by atoms with van der Waals surface area (Å²) in [5.74, 6) is 0. The van der Waals surface area contributed by atoms with Gasteiger partial charge in [-0.2, -0.15) is 0 Å². The first-order valence-electron chi connectivity index (χ1n) is 7.29. The number of nitrogens with zero attached hydrogens (tertiary/aromatic N) is 1. The molecule has 0 spiro atoms. The van der Waals surface area contributed by atoms with Crippen molar-refractivity contribution in [3.8, 4) is 0 Å². The smallest absolute Gasteiger partial charge is 0.0431 e. The van der Waals surface area contributed by atoms with E-state index in [2.05, 4.69) is 35.2 Å². The topological polar surface area (TPSA) is 23.5 Å². The quantitative estimate of drug-likeness (QED) is 0.781. The zero-order valence-electron chi connectivity index (χ0n) is 11.2. The molecular weight excluding hydrogens is 222 g/mol. The lowest BCUT2D eigenvalue weighted by Gasteiger charge is -2.36. The second-order valence-electron chi connectivity index (χ2n) is 5.31. The molecule has 0 radical (unpaired) electrons. The molecular formula is C16H25NO. The molecule has 2 rings (SSSR count). The van der Waals surface area contributed by atoms with Gasteiger partial charge < -0.3 is 10.0 Å². The monoisotopic (exact) mass is 247 g/mol. The van der Waals surface area contributed by atoms with Gasteiger partial charge in [0.1, 0.15) is 0 Å². The fraction of sp³-hybridized carbons (Fsp3) is 0.625. The molecule has 1 N–H and O–H groups in total. The van der Waals surface area contributed by atoms with Gasteiger partial charge >= 0.3 is 0 Å². The summed E-state index contributed by atoms with van der Waals surface area (Å²) in [6, 6.07) is 11.5. The van der Waals surface area contributed by atoms with E-state index in [1.54, 1.807) is 0 Å². The van der Waals surface area contributed by atoms with E-state index in [1.807, 2.05) is 0 Å². The molecule has 1 atom stereocenters. The van der Waals surface area contributed by atoms with Crippen LogP contribution in [0.2, 0.25) is 0 Å². The Morgan fingerprint density at radius 1 is 1.11 bits per heavy atom. The molecule has 0 amide bonds. The van der Waals surface area contributed by atoms with Gasteiger partial charge in [0.25, 0.3) is 0 Å². The summed E-state index contributed by atoms with van der Waals surface area (Å²) in [6.07, 6.45) is 7.28. The molecule has 1 aliphatic rings. The van der Waals surface area contributed by atoms with Crippen LogP contribution in [0.4, 0.5) is 0 Å². The summed E-state index contributed by atoms with van der Waals surface area (Å²) in [5, 5.41) is 8.88. The number of unbranched alkanes of at least 4 members (excludes halogenated alkanes) is 1. The average Bonchev–Trinajstić information content (AvgIpc) is 2.42. The van der Waals surface area contributed by atoms with E-state index in [4.69, 9.17) is 5.11 Å². The summed E-state index contributed by atoms with van der Waals surface area (Å²) >= 11 is 0. The van der Waals surface area contributed by atoms with E-state index in [1.165, 1.54) is 37.8 Å². The van der Waals surface area contributed by atoms with Crippen molar-refractivity contribution < 1.29 is 5.11 Å². The van der Waals surface area contributed by atoms with Crippen molar-refractivity contribution in [2.45, 2.75) is 44.6 Å². The molecule has 1 fully saturated rings. The molecule has 1 heterocycles. The number of hydrogen-bond donors (Lipinski definition) is 1. The molecule has 100 valence electrons. The number of benzene rings is 1. The van der Waals surface area contributed by atoms with Crippen molar-refractivity contribution in [1.29, 1.82) is 0 Å². The van der Waals surface area contributed by atoms with Crippen LogP contribution >= 0.6 is 0 Å². The van der Waals surface area contributed by atoms with E-state index < -0.39 is 0 Å². The Kier molecular flexibility index (Phi) is 5.69. The largest absolute Gasteiger partial charge is 0.396 e. The van der Waals surface area contributed by atoms with Gasteiger partial charge in [0.15, 0.2) is 0 Å². The van der Waals surface area contributed by atoms with Gasteiger partial charge in [0.05, 0.1) is 0 Å². The summed E-state index contributed by atoms with van der Waals surface area (Å²) < 4.78 is 0. The van der Waals surface area contributed by atoms with Gasteiger partial charge in [0, 0.05) is 12.6 Å². The van der Waals surface area contributed by atoms with Crippen molar-refractivity contribution in [3.63, 3.8) is 0 Å². The zero-order valence-corrected chi connectivity index (χ0v) is 11.2. The molecule has 0 saturated carbocycles. The Hall–Kier alpha value is -0.860. The predicted octanol–water partition coefficient (Wildman–Crippen LogP) is 2.86. The number of rotatable bonds is 6. The number of likely N-dealkylation sites (tertiary alicyclic amines) is 1. The first-order chi connectivity index (χ1) is 8.90. The van der Waals surface area contributed by atoms with Gasteiger partial charge in [-0.25, -0.2) is 0 Å². The molecule has 0 aliphatic carbocycles. The van der Waals surface area contributed by atoms with Crippen molar-refractivity contribution in [2.75, 3.05) is 19.7 Å². The molecule has 0 bridgehead atoms. The van der Waals surface area contributed by atoms with Gasteiger partial charge in [-0.05, 0) is 50.8 Å². The summed E-state index contributed by atoms with van der Waals surface area (Å²) in [5.41, 5.74) is 1.46. The Morgan fingerprint density at radius 3 is 2.72 bits per heavy atom. The minimum absolute atomic E-state index is 0.331. The van der Waals surface area contributed by atoms with E-state index in [9.17, 15) is 0 Å². The molecule has 0 aromatic heterocycles. The highest BCUT2D eigenvalue weighted by Gasteiger charge is 2.21. The molecule has 2 heteroatoms. The van der Waals surface area contributed by atoms with Crippen LogP contribution in [0.1, 0.15) is 37.7 Å². The average molecular weight is 247 g/mol. The molecule has 1 aromatic rings. The normalized spacial score (nSPS) is 21.1. The highest BCUT2D eigenvalue weighted by atomic mass is 16.2. The molecule has 2 nitrogen and oxygen atoms in total. The maximum Gasteiger partial charge on any atom is 0.0431 e. The third kappa shape index (κ3) is 4.11. The fourth-order valence-corrected chi connectivity index (χ4v) is 2.90. The lowest BCUT2D eigenvalue weighted by atomic mass is 9.95. The lowest BCUT2D eigenvalue weighted by molar-refractivity contribution is 0.141. The molecule has 1 saturated heterocycles. The lowest BCUT2D eigenvalue weighted by Crippen LogP contribution is -2.41. The molecule has 1 aliphatic heterocycles. The molecule has 1 aromatic carbocycles. The predicted molar refractivity (Wildman–Crippen MR) is 75.7 cm³/mol. The summed E-state index contributed by atoms with van der Waals surface area (Å²) in [7, 11) is 0. The van der Waals surface area contributed by atoms with Crippen LogP contribution in [0.3, 0.4) is 0 Å². The SMILES string of the molecule is OCCCCN1CCCCC1Cc1ccccc1. The van der Waals surface area contributed by atoms with E-state index in [-0.39, 0.29) is 0 Å². The highest BCUT2D eigenvalue weighted by molar-refractivity contribution is 5.16. The Balaban J connectivity index is 1.87. The Bertz CT molecular complexity index is 325.